The molecule has 1 aromatic carbocycles. The van der Waals surface area contributed by atoms with Gasteiger partial charge >= 0.3 is 0 Å². The zero-order valence-electron chi connectivity index (χ0n) is 17.2. The molecule has 1 aromatic heterocycles. The molecule has 0 fully saturated rings. The summed E-state index contributed by atoms with van der Waals surface area (Å²) in [5, 5.41) is 3.90. The first-order chi connectivity index (χ1) is 12.7. The summed E-state index contributed by atoms with van der Waals surface area (Å²) in [4.78, 5) is 26.1. The molecule has 148 valence electrons. The number of benzene rings is 1. The number of nitrogens with zero attached hydrogens (tertiary/aromatic N) is 1. The molecule has 0 bridgehead atoms. The topological polar surface area (TPSA) is 62.6 Å². The van der Waals surface area contributed by atoms with Crippen molar-refractivity contribution in [1.29, 1.82) is 0 Å². The number of fused-ring (bicyclic) bond motifs is 1. The van der Waals surface area contributed by atoms with Crippen molar-refractivity contribution >= 4 is 22.8 Å². The molecule has 0 spiro atoms. The third kappa shape index (κ3) is 5.59. The molecule has 0 unspecified atom stereocenters. The van der Waals surface area contributed by atoms with Gasteiger partial charge in [-0.3, -0.25) is 9.59 Å². The van der Waals surface area contributed by atoms with Crippen LogP contribution in [0, 0.1) is 5.41 Å². The van der Waals surface area contributed by atoms with Crippen LogP contribution in [0.1, 0.15) is 58.3 Å². The van der Waals surface area contributed by atoms with Gasteiger partial charge in [-0.05, 0) is 12.5 Å². The molecule has 0 aliphatic rings. The molecule has 5 heteroatoms. The molecule has 27 heavy (non-hydrogen) atoms. The molecule has 0 atom stereocenters. The van der Waals surface area contributed by atoms with Gasteiger partial charge in [0.05, 0.1) is 0 Å². The maximum absolute atomic E-state index is 12.5. The van der Waals surface area contributed by atoms with Gasteiger partial charge in [0.15, 0.2) is 0 Å². The number of carbonyl (C=O) groups is 2. The third-order valence-electron chi connectivity index (χ3n) is 4.67. The number of furan rings is 1. The Morgan fingerprint density at radius 1 is 1.19 bits per heavy atom. The predicted octanol–water partition coefficient (Wildman–Crippen LogP) is 4.29. The minimum Gasteiger partial charge on any atom is -0.461 e. The zero-order chi connectivity index (χ0) is 20.0. The monoisotopic (exact) mass is 372 g/mol. The van der Waals surface area contributed by atoms with Crippen LogP contribution in [0.2, 0.25) is 0 Å². The van der Waals surface area contributed by atoms with Gasteiger partial charge in [0.1, 0.15) is 11.3 Å². The maximum Gasteiger partial charge on any atom is 0.225 e. The summed E-state index contributed by atoms with van der Waals surface area (Å²) in [6.45, 7) is 8.61. The molecular formula is C22H32N2O3. The van der Waals surface area contributed by atoms with E-state index in [0.717, 1.165) is 41.6 Å². The highest BCUT2D eigenvalue weighted by Crippen LogP contribution is 2.28. The minimum atomic E-state index is -0.446. The van der Waals surface area contributed by atoms with Gasteiger partial charge in [-0.25, -0.2) is 0 Å². The number of carbonyl (C=O) groups excluding carboxylic acids is 2. The van der Waals surface area contributed by atoms with Crippen molar-refractivity contribution in [1.82, 2.24) is 10.2 Å². The summed E-state index contributed by atoms with van der Waals surface area (Å²) in [6.07, 6.45) is 3.32. The van der Waals surface area contributed by atoms with E-state index < -0.39 is 5.41 Å². The van der Waals surface area contributed by atoms with Gasteiger partial charge in [0.2, 0.25) is 11.8 Å². The van der Waals surface area contributed by atoms with Crippen molar-refractivity contribution < 1.29 is 14.0 Å². The molecule has 0 saturated heterocycles. The summed E-state index contributed by atoms with van der Waals surface area (Å²) < 4.78 is 6.04. The Labute approximate surface area is 162 Å². The molecule has 2 rings (SSSR count). The molecule has 1 N–H and O–H groups in total. The Morgan fingerprint density at radius 3 is 2.56 bits per heavy atom. The van der Waals surface area contributed by atoms with E-state index >= 15 is 0 Å². The Morgan fingerprint density at radius 2 is 1.89 bits per heavy atom. The van der Waals surface area contributed by atoms with E-state index in [1.165, 1.54) is 0 Å². The van der Waals surface area contributed by atoms with E-state index in [1.54, 1.807) is 11.9 Å². The van der Waals surface area contributed by atoms with Crippen LogP contribution in [0.4, 0.5) is 0 Å². The highest BCUT2D eigenvalue weighted by molar-refractivity contribution is 5.84. The first-order valence-electron chi connectivity index (χ1n) is 9.75. The van der Waals surface area contributed by atoms with E-state index in [0.29, 0.717) is 19.5 Å². The van der Waals surface area contributed by atoms with Crippen molar-refractivity contribution in [2.24, 2.45) is 5.41 Å². The predicted molar refractivity (Wildman–Crippen MR) is 108 cm³/mol. The van der Waals surface area contributed by atoms with E-state index in [-0.39, 0.29) is 11.8 Å². The lowest BCUT2D eigenvalue weighted by Gasteiger charge is -2.20. The minimum absolute atomic E-state index is 0.0101. The Bertz CT molecular complexity index is 786. The smallest absolute Gasteiger partial charge is 0.225 e. The molecule has 2 aromatic rings. The van der Waals surface area contributed by atoms with Gasteiger partial charge in [-0.2, -0.15) is 0 Å². The van der Waals surface area contributed by atoms with Crippen molar-refractivity contribution in [3.8, 4) is 0 Å². The molecule has 0 aliphatic heterocycles. The van der Waals surface area contributed by atoms with Crippen LogP contribution in [0.5, 0.6) is 0 Å². The van der Waals surface area contributed by atoms with Crippen LogP contribution in [-0.2, 0) is 22.6 Å². The Hall–Kier alpha value is -2.30. The van der Waals surface area contributed by atoms with Gasteiger partial charge < -0.3 is 14.6 Å². The van der Waals surface area contributed by atoms with Crippen LogP contribution in [0.3, 0.4) is 0 Å². The second-order valence-electron chi connectivity index (χ2n) is 8.11. The third-order valence-corrected chi connectivity index (χ3v) is 4.67. The molecule has 5 nitrogen and oxygen atoms in total. The summed E-state index contributed by atoms with van der Waals surface area (Å²) in [7, 11) is 1.80. The number of rotatable bonds is 8. The van der Waals surface area contributed by atoms with Crippen molar-refractivity contribution in [2.45, 2.75) is 59.9 Å². The second kappa shape index (κ2) is 9.07. The lowest BCUT2D eigenvalue weighted by atomic mass is 9.96. The maximum atomic E-state index is 12.5. The molecule has 0 saturated carbocycles. The second-order valence-corrected chi connectivity index (χ2v) is 8.11. The summed E-state index contributed by atoms with van der Waals surface area (Å²) in [6, 6.07) is 7.98. The van der Waals surface area contributed by atoms with Gasteiger partial charge in [-0.1, -0.05) is 52.3 Å². The fourth-order valence-electron chi connectivity index (χ4n) is 2.93. The van der Waals surface area contributed by atoms with E-state index in [9.17, 15) is 9.59 Å². The normalized spacial score (nSPS) is 11.6. The number of para-hydroxylation sites is 1. The Kier molecular flexibility index (Phi) is 7.05. The number of hydrogen-bond donors (Lipinski definition) is 1. The highest BCUT2D eigenvalue weighted by Gasteiger charge is 2.21. The largest absolute Gasteiger partial charge is 0.461 e. The number of nitrogens with one attached hydrogen (secondary N) is 1. The lowest BCUT2D eigenvalue weighted by molar-refractivity contribution is -0.131. The van der Waals surface area contributed by atoms with E-state index in [1.807, 2.05) is 45.0 Å². The van der Waals surface area contributed by atoms with Crippen LogP contribution < -0.4 is 5.32 Å². The van der Waals surface area contributed by atoms with E-state index in [2.05, 4.69) is 12.2 Å². The quantitative estimate of drug-likeness (QED) is 0.752. The van der Waals surface area contributed by atoms with Crippen LogP contribution in [0.25, 0.3) is 11.0 Å². The molecule has 1 heterocycles. The number of aryl methyl sites for hydroxylation is 1. The van der Waals surface area contributed by atoms with Gasteiger partial charge in [-0.15, -0.1) is 0 Å². The average molecular weight is 373 g/mol. The first kappa shape index (κ1) is 21.0. The van der Waals surface area contributed by atoms with Crippen molar-refractivity contribution in [3.05, 3.63) is 35.6 Å². The van der Waals surface area contributed by atoms with Gasteiger partial charge in [0, 0.05) is 49.3 Å². The number of unbranched alkanes of at least 4 members (excludes halogenated alkanes) is 1. The van der Waals surface area contributed by atoms with Crippen LogP contribution >= 0.6 is 0 Å². The molecule has 2 amide bonds. The zero-order valence-corrected chi connectivity index (χ0v) is 17.2. The summed E-state index contributed by atoms with van der Waals surface area (Å²) in [5.74, 6) is 0.940. The fourth-order valence-corrected chi connectivity index (χ4v) is 2.93. The molecular weight excluding hydrogens is 340 g/mol. The lowest BCUT2D eigenvalue weighted by Crippen LogP contribution is -2.37. The molecule has 0 aliphatic carbocycles. The van der Waals surface area contributed by atoms with Crippen molar-refractivity contribution in [2.75, 3.05) is 13.6 Å². The summed E-state index contributed by atoms with van der Waals surface area (Å²) >= 11 is 0. The average Bonchev–Trinajstić information content (AvgIpc) is 2.96. The molecule has 0 radical (unpaired) electrons. The summed E-state index contributed by atoms with van der Waals surface area (Å²) in [5.41, 5.74) is 1.52. The fraction of sp³-hybridized carbons (Fsp3) is 0.545. The van der Waals surface area contributed by atoms with Crippen molar-refractivity contribution in [3.63, 3.8) is 0 Å². The van der Waals surface area contributed by atoms with E-state index in [4.69, 9.17) is 4.42 Å². The Balaban J connectivity index is 2.02. The standard InChI is InChI=1S/C22H32N2O3/c1-6-7-11-19-17(16-10-8-9-12-18(16)27-19)15-24(5)20(25)13-14-23-21(26)22(2,3)4/h8-10,12H,6-7,11,13-15H2,1-5H3,(H,23,26). The highest BCUT2D eigenvalue weighted by atomic mass is 16.3. The van der Waals surface area contributed by atoms with Crippen LogP contribution in [0.15, 0.2) is 28.7 Å². The first-order valence-corrected chi connectivity index (χ1v) is 9.75. The SMILES string of the molecule is CCCCc1oc2ccccc2c1CN(C)C(=O)CCNC(=O)C(C)(C)C. The van der Waals surface area contributed by atoms with Crippen LogP contribution in [-0.4, -0.2) is 30.3 Å². The van der Waals surface area contributed by atoms with Gasteiger partial charge in [0.25, 0.3) is 0 Å². The number of hydrogen-bond acceptors (Lipinski definition) is 3. The number of amides is 2.